The number of hydrogen-bond acceptors (Lipinski definition) is 3. The number of halogens is 2. The summed E-state index contributed by atoms with van der Waals surface area (Å²) in [7, 11) is 1.71. The summed E-state index contributed by atoms with van der Waals surface area (Å²) >= 11 is 5.78. The van der Waals surface area contributed by atoms with Crippen LogP contribution >= 0.6 is 11.6 Å². The standard InChI is InChI=1S/C14H13ClFN3O/c1-8-5-9(6-13(17-2)18-8)14(20)19-12-7-10(15)3-4-11(12)16/h3-7H,1-2H3,(H,17,18)(H,19,20). The first-order valence-electron chi connectivity index (χ1n) is 5.92. The second-order valence-electron chi connectivity index (χ2n) is 4.21. The topological polar surface area (TPSA) is 54.0 Å². The number of rotatable bonds is 3. The van der Waals surface area contributed by atoms with E-state index in [1.807, 2.05) is 0 Å². The first-order chi connectivity index (χ1) is 9.49. The molecule has 1 aromatic heterocycles. The molecule has 0 aliphatic rings. The smallest absolute Gasteiger partial charge is 0.255 e. The second kappa shape index (κ2) is 5.88. The summed E-state index contributed by atoms with van der Waals surface area (Å²) in [6.07, 6.45) is 0. The number of hydrogen-bond donors (Lipinski definition) is 2. The number of benzene rings is 1. The summed E-state index contributed by atoms with van der Waals surface area (Å²) in [4.78, 5) is 16.3. The molecule has 0 saturated carbocycles. The molecule has 4 nitrogen and oxygen atoms in total. The van der Waals surface area contributed by atoms with E-state index in [0.29, 0.717) is 22.1 Å². The van der Waals surface area contributed by atoms with Gasteiger partial charge in [-0.25, -0.2) is 9.37 Å². The van der Waals surface area contributed by atoms with Gasteiger partial charge in [0.05, 0.1) is 5.69 Å². The molecule has 0 aliphatic carbocycles. The Bertz CT molecular complexity index is 661. The van der Waals surface area contributed by atoms with E-state index in [-0.39, 0.29) is 5.69 Å². The number of aryl methyl sites for hydroxylation is 1. The lowest BCUT2D eigenvalue weighted by Gasteiger charge is -2.09. The Morgan fingerprint density at radius 3 is 2.75 bits per heavy atom. The van der Waals surface area contributed by atoms with E-state index in [0.717, 1.165) is 0 Å². The first kappa shape index (κ1) is 14.3. The maximum absolute atomic E-state index is 13.6. The molecule has 0 bridgehead atoms. The van der Waals surface area contributed by atoms with Crippen LogP contribution in [0.25, 0.3) is 0 Å². The Morgan fingerprint density at radius 1 is 1.30 bits per heavy atom. The van der Waals surface area contributed by atoms with Crippen molar-refractivity contribution in [2.45, 2.75) is 6.92 Å². The molecule has 1 aromatic carbocycles. The Labute approximate surface area is 121 Å². The van der Waals surface area contributed by atoms with Crippen LogP contribution in [-0.4, -0.2) is 17.9 Å². The highest BCUT2D eigenvalue weighted by atomic mass is 35.5. The molecule has 6 heteroatoms. The largest absolute Gasteiger partial charge is 0.373 e. The predicted molar refractivity (Wildman–Crippen MR) is 77.9 cm³/mol. The van der Waals surface area contributed by atoms with Crippen molar-refractivity contribution < 1.29 is 9.18 Å². The number of carbonyl (C=O) groups excluding carboxylic acids is 1. The van der Waals surface area contributed by atoms with Crippen LogP contribution in [0.2, 0.25) is 5.02 Å². The lowest BCUT2D eigenvalue weighted by molar-refractivity contribution is 0.102. The molecule has 0 spiro atoms. The van der Waals surface area contributed by atoms with E-state index < -0.39 is 11.7 Å². The Balaban J connectivity index is 2.28. The van der Waals surface area contributed by atoms with E-state index in [9.17, 15) is 9.18 Å². The minimum atomic E-state index is -0.539. The summed E-state index contributed by atoms with van der Waals surface area (Å²) in [6, 6.07) is 7.20. The average molecular weight is 294 g/mol. The van der Waals surface area contributed by atoms with Gasteiger partial charge in [0.25, 0.3) is 5.91 Å². The first-order valence-corrected chi connectivity index (χ1v) is 6.30. The summed E-state index contributed by atoms with van der Waals surface area (Å²) in [5.41, 5.74) is 1.12. The molecule has 0 saturated heterocycles. The Morgan fingerprint density at radius 2 is 2.05 bits per heavy atom. The number of nitrogens with zero attached hydrogens (tertiary/aromatic N) is 1. The normalized spacial score (nSPS) is 10.2. The maximum Gasteiger partial charge on any atom is 0.255 e. The molecule has 2 aromatic rings. The van der Waals surface area contributed by atoms with Crippen LogP contribution in [0.4, 0.5) is 15.9 Å². The number of anilines is 2. The summed E-state index contributed by atoms with van der Waals surface area (Å²) in [6.45, 7) is 1.78. The van der Waals surface area contributed by atoms with Crippen molar-refractivity contribution in [1.29, 1.82) is 0 Å². The fourth-order valence-corrected chi connectivity index (χ4v) is 1.89. The van der Waals surface area contributed by atoms with Gasteiger partial charge in [0, 0.05) is 23.3 Å². The van der Waals surface area contributed by atoms with E-state index in [1.165, 1.54) is 18.2 Å². The SMILES string of the molecule is CNc1cc(C(=O)Nc2cc(Cl)ccc2F)cc(C)n1. The zero-order chi connectivity index (χ0) is 14.7. The van der Waals surface area contributed by atoms with E-state index in [2.05, 4.69) is 15.6 Å². The fraction of sp³-hybridized carbons (Fsp3) is 0.143. The highest BCUT2D eigenvalue weighted by Gasteiger charge is 2.11. The van der Waals surface area contributed by atoms with Crippen LogP contribution in [0.15, 0.2) is 30.3 Å². The summed E-state index contributed by atoms with van der Waals surface area (Å²) < 4.78 is 13.6. The van der Waals surface area contributed by atoms with Gasteiger partial charge in [-0.05, 0) is 37.3 Å². The van der Waals surface area contributed by atoms with Gasteiger partial charge < -0.3 is 10.6 Å². The van der Waals surface area contributed by atoms with Gasteiger partial charge in [-0.1, -0.05) is 11.6 Å². The number of pyridine rings is 1. The minimum absolute atomic E-state index is 0.0444. The van der Waals surface area contributed by atoms with Gasteiger partial charge in [0.1, 0.15) is 11.6 Å². The molecule has 2 N–H and O–H groups in total. The molecule has 2 rings (SSSR count). The minimum Gasteiger partial charge on any atom is -0.373 e. The van der Waals surface area contributed by atoms with Gasteiger partial charge in [-0.15, -0.1) is 0 Å². The monoisotopic (exact) mass is 293 g/mol. The predicted octanol–water partition coefficient (Wildman–Crippen LogP) is 3.48. The summed E-state index contributed by atoms with van der Waals surface area (Å²) in [5, 5.41) is 5.70. The highest BCUT2D eigenvalue weighted by molar-refractivity contribution is 6.31. The molecular formula is C14H13ClFN3O. The maximum atomic E-state index is 13.6. The zero-order valence-corrected chi connectivity index (χ0v) is 11.8. The van der Waals surface area contributed by atoms with Crippen LogP contribution in [0, 0.1) is 12.7 Å². The van der Waals surface area contributed by atoms with Crippen molar-refractivity contribution in [2.75, 3.05) is 17.7 Å². The van der Waals surface area contributed by atoms with E-state index in [1.54, 1.807) is 26.1 Å². The lowest BCUT2D eigenvalue weighted by atomic mass is 10.2. The zero-order valence-electron chi connectivity index (χ0n) is 11.0. The molecule has 0 fully saturated rings. The van der Waals surface area contributed by atoms with Gasteiger partial charge >= 0.3 is 0 Å². The Kier molecular flexibility index (Phi) is 4.20. The van der Waals surface area contributed by atoms with E-state index in [4.69, 9.17) is 11.6 Å². The fourth-order valence-electron chi connectivity index (χ4n) is 1.72. The number of aromatic nitrogens is 1. The molecular weight excluding hydrogens is 281 g/mol. The van der Waals surface area contributed by atoms with Gasteiger partial charge in [0.15, 0.2) is 0 Å². The second-order valence-corrected chi connectivity index (χ2v) is 4.65. The molecule has 104 valence electrons. The van der Waals surface area contributed by atoms with Crippen LogP contribution in [0.1, 0.15) is 16.1 Å². The molecule has 20 heavy (non-hydrogen) atoms. The molecule has 1 heterocycles. The lowest BCUT2D eigenvalue weighted by Crippen LogP contribution is -2.14. The molecule has 0 unspecified atom stereocenters. The van der Waals surface area contributed by atoms with Crippen LogP contribution in [-0.2, 0) is 0 Å². The van der Waals surface area contributed by atoms with Crippen LogP contribution in [0.3, 0.4) is 0 Å². The van der Waals surface area contributed by atoms with E-state index >= 15 is 0 Å². The van der Waals surface area contributed by atoms with Crippen LogP contribution in [0.5, 0.6) is 0 Å². The van der Waals surface area contributed by atoms with Crippen molar-refractivity contribution in [1.82, 2.24) is 4.98 Å². The van der Waals surface area contributed by atoms with Crippen molar-refractivity contribution in [2.24, 2.45) is 0 Å². The highest BCUT2D eigenvalue weighted by Crippen LogP contribution is 2.20. The molecule has 0 atom stereocenters. The van der Waals surface area contributed by atoms with Crippen molar-refractivity contribution >= 4 is 29.0 Å². The van der Waals surface area contributed by atoms with Gasteiger partial charge in [0.2, 0.25) is 0 Å². The molecule has 1 amide bonds. The average Bonchev–Trinajstić information content (AvgIpc) is 2.42. The Hall–Kier alpha value is -2.14. The summed E-state index contributed by atoms with van der Waals surface area (Å²) in [5.74, 6) is -0.391. The molecule has 0 aliphatic heterocycles. The third-order valence-electron chi connectivity index (χ3n) is 2.65. The number of nitrogens with one attached hydrogen (secondary N) is 2. The third-order valence-corrected chi connectivity index (χ3v) is 2.88. The third kappa shape index (κ3) is 3.24. The quantitative estimate of drug-likeness (QED) is 0.911. The molecule has 0 radical (unpaired) electrons. The number of carbonyl (C=O) groups is 1. The van der Waals surface area contributed by atoms with Crippen molar-refractivity contribution in [3.05, 3.63) is 52.4 Å². The van der Waals surface area contributed by atoms with Gasteiger partial charge in [-0.2, -0.15) is 0 Å². The van der Waals surface area contributed by atoms with Crippen molar-refractivity contribution in [3.63, 3.8) is 0 Å². The van der Waals surface area contributed by atoms with Crippen LogP contribution < -0.4 is 10.6 Å². The van der Waals surface area contributed by atoms with Gasteiger partial charge in [-0.3, -0.25) is 4.79 Å². The number of amides is 1. The van der Waals surface area contributed by atoms with Crippen molar-refractivity contribution in [3.8, 4) is 0 Å².